The second-order valence-electron chi connectivity index (χ2n) is 5.70. The van der Waals surface area contributed by atoms with E-state index < -0.39 is 5.91 Å². The lowest BCUT2D eigenvalue weighted by molar-refractivity contribution is -0.112. The number of carbonyl (C=O) groups is 1. The first-order valence-electron chi connectivity index (χ1n) is 8.56. The summed E-state index contributed by atoms with van der Waals surface area (Å²) in [6, 6.07) is 6.93. The highest BCUT2D eigenvalue weighted by atomic mass is 35.5. The van der Waals surface area contributed by atoms with E-state index in [1.54, 1.807) is 24.4 Å². The molecule has 1 aromatic rings. The molecular weight excluding hydrogens is 338 g/mol. The molecular formula is C19H26ClN3O2. The molecule has 0 heterocycles. The fraction of sp³-hybridized carbons (Fsp3) is 0.474. The number of carbonyl (C=O) groups excluding carboxylic acids is 1. The maximum atomic E-state index is 12.5. The van der Waals surface area contributed by atoms with Crippen LogP contribution in [0.1, 0.15) is 39.5 Å². The third-order valence-electron chi connectivity index (χ3n) is 3.68. The number of amides is 1. The lowest BCUT2D eigenvalue weighted by Crippen LogP contribution is -2.23. The highest BCUT2D eigenvalue weighted by Gasteiger charge is 2.14. The van der Waals surface area contributed by atoms with Crippen LogP contribution in [0.4, 0.5) is 5.69 Å². The molecule has 136 valence electrons. The van der Waals surface area contributed by atoms with Gasteiger partial charge in [0, 0.05) is 24.3 Å². The van der Waals surface area contributed by atoms with Gasteiger partial charge in [-0.1, -0.05) is 38.3 Å². The standard InChI is InChI=1S/C19H26ClN3O2/c1-4-6-10-23(11-7-5-2)14-15(13-21)19(24)22-17-12-16(20)8-9-18(17)25-3/h8-9,12,14H,4-7,10-11H2,1-3H3,(H,22,24)/b15-14-. The summed E-state index contributed by atoms with van der Waals surface area (Å²) >= 11 is 5.97. The van der Waals surface area contributed by atoms with Crippen LogP contribution in [0.15, 0.2) is 30.0 Å². The minimum Gasteiger partial charge on any atom is -0.495 e. The number of methoxy groups -OCH3 is 1. The fourth-order valence-electron chi connectivity index (χ4n) is 2.25. The summed E-state index contributed by atoms with van der Waals surface area (Å²) in [6.07, 6.45) is 5.80. The zero-order valence-corrected chi connectivity index (χ0v) is 15.9. The fourth-order valence-corrected chi connectivity index (χ4v) is 2.42. The second kappa shape index (κ2) is 11.4. The molecule has 0 aromatic heterocycles. The third-order valence-corrected chi connectivity index (χ3v) is 3.92. The monoisotopic (exact) mass is 363 g/mol. The van der Waals surface area contributed by atoms with E-state index in [1.807, 2.05) is 11.0 Å². The Bertz CT molecular complexity index is 630. The van der Waals surface area contributed by atoms with Crippen LogP contribution in [-0.2, 0) is 4.79 Å². The summed E-state index contributed by atoms with van der Waals surface area (Å²) in [5.41, 5.74) is 0.504. The van der Waals surface area contributed by atoms with E-state index in [9.17, 15) is 10.1 Å². The van der Waals surface area contributed by atoms with Crippen molar-refractivity contribution in [3.63, 3.8) is 0 Å². The van der Waals surface area contributed by atoms with E-state index in [0.29, 0.717) is 16.5 Å². The van der Waals surface area contributed by atoms with Crippen molar-refractivity contribution in [2.75, 3.05) is 25.5 Å². The number of nitriles is 1. The number of unbranched alkanes of at least 4 members (excludes halogenated alkanes) is 2. The third kappa shape index (κ3) is 7.06. The summed E-state index contributed by atoms with van der Waals surface area (Å²) in [5, 5.41) is 12.6. The van der Waals surface area contributed by atoms with E-state index in [1.165, 1.54) is 7.11 Å². The largest absolute Gasteiger partial charge is 0.495 e. The van der Waals surface area contributed by atoms with Gasteiger partial charge in [0.15, 0.2) is 0 Å². The van der Waals surface area contributed by atoms with Gasteiger partial charge in [0.2, 0.25) is 0 Å². The lowest BCUT2D eigenvalue weighted by Gasteiger charge is -2.20. The number of benzene rings is 1. The second-order valence-corrected chi connectivity index (χ2v) is 6.13. The molecule has 0 aliphatic heterocycles. The Labute approximate surface area is 155 Å². The average molecular weight is 364 g/mol. The quantitative estimate of drug-likeness (QED) is 0.487. The van der Waals surface area contributed by atoms with Crippen LogP contribution < -0.4 is 10.1 Å². The molecule has 0 bridgehead atoms. The van der Waals surface area contributed by atoms with Gasteiger partial charge in [0.1, 0.15) is 17.4 Å². The Morgan fingerprint density at radius 3 is 2.48 bits per heavy atom. The van der Waals surface area contributed by atoms with Gasteiger partial charge in [-0.3, -0.25) is 4.79 Å². The minimum absolute atomic E-state index is 0.0641. The van der Waals surface area contributed by atoms with Gasteiger partial charge in [0.05, 0.1) is 12.8 Å². The zero-order chi connectivity index (χ0) is 18.7. The van der Waals surface area contributed by atoms with Gasteiger partial charge in [-0.15, -0.1) is 0 Å². The van der Waals surface area contributed by atoms with E-state index >= 15 is 0 Å². The molecule has 1 rings (SSSR count). The lowest BCUT2D eigenvalue weighted by atomic mass is 10.2. The molecule has 0 atom stereocenters. The average Bonchev–Trinajstić information content (AvgIpc) is 2.61. The van der Waals surface area contributed by atoms with Crippen molar-refractivity contribution >= 4 is 23.2 Å². The first-order valence-corrected chi connectivity index (χ1v) is 8.94. The van der Waals surface area contributed by atoms with Crippen LogP contribution in [0, 0.1) is 11.3 Å². The van der Waals surface area contributed by atoms with E-state index in [0.717, 1.165) is 38.8 Å². The molecule has 6 heteroatoms. The highest BCUT2D eigenvalue weighted by molar-refractivity contribution is 6.31. The van der Waals surface area contributed by atoms with Crippen molar-refractivity contribution in [2.45, 2.75) is 39.5 Å². The Kier molecular flexibility index (Phi) is 9.49. The van der Waals surface area contributed by atoms with E-state index in [-0.39, 0.29) is 5.57 Å². The summed E-state index contributed by atoms with van der Waals surface area (Å²) in [6.45, 7) is 5.89. The molecule has 0 saturated heterocycles. The molecule has 0 spiro atoms. The molecule has 1 amide bonds. The van der Waals surface area contributed by atoms with Gasteiger partial charge in [-0.05, 0) is 31.0 Å². The Morgan fingerprint density at radius 2 is 1.96 bits per heavy atom. The van der Waals surface area contributed by atoms with Crippen molar-refractivity contribution in [3.05, 3.63) is 35.0 Å². The molecule has 0 aliphatic rings. The normalized spacial score (nSPS) is 10.9. The number of nitrogens with one attached hydrogen (secondary N) is 1. The molecule has 5 nitrogen and oxygen atoms in total. The Balaban J connectivity index is 2.94. The SMILES string of the molecule is CCCCN(/C=C(/C#N)C(=O)Nc1cc(Cl)ccc1OC)CCCC. The molecule has 0 saturated carbocycles. The first-order chi connectivity index (χ1) is 12.0. The summed E-state index contributed by atoms with van der Waals surface area (Å²) < 4.78 is 5.22. The van der Waals surface area contributed by atoms with Crippen LogP contribution in [0.3, 0.4) is 0 Å². The van der Waals surface area contributed by atoms with Gasteiger partial charge < -0.3 is 15.0 Å². The molecule has 25 heavy (non-hydrogen) atoms. The van der Waals surface area contributed by atoms with Crippen molar-refractivity contribution in [3.8, 4) is 11.8 Å². The number of hydrogen-bond acceptors (Lipinski definition) is 4. The molecule has 0 aliphatic carbocycles. The van der Waals surface area contributed by atoms with Crippen LogP contribution in [0.5, 0.6) is 5.75 Å². The van der Waals surface area contributed by atoms with Gasteiger partial charge in [-0.25, -0.2) is 0 Å². The Morgan fingerprint density at radius 1 is 1.32 bits per heavy atom. The Hall–Kier alpha value is -2.19. The zero-order valence-electron chi connectivity index (χ0n) is 15.1. The van der Waals surface area contributed by atoms with Crippen LogP contribution in [0.2, 0.25) is 5.02 Å². The van der Waals surface area contributed by atoms with Crippen molar-refractivity contribution in [2.24, 2.45) is 0 Å². The van der Waals surface area contributed by atoms with Gasteiger partial charge >= 0.3 is 0 Å². The summed E-state index contributed by atoms with van der Waals surface area (Å²) in [7, 11) is 1.51. The molecule has 0 unspecified atom stereocenters. The van der Waals surface area contributed by atoms with Gasteiger partial charge in [0.25, 0.3) is 5.91 Å². The minimum atomic E-state index is -0.471. The number of anilines is 1. The number of hydrogen-bond donors (Lipinski definition) is 1. The predicted octanol–water partition coefficient (Wildman–Crippen LogP) is 4.60. The smallest absolute Gasteiger partial charge is 0.267 e. The summed E-state index contributed by atoms with van der Waals surface area (Å²) in [4.78, 5) is 14.5. The van der Waals surface area contributed by atoms with Crippen molar-refractivity contribution in [1.82, 2.24) is 4.90 Å². The number of nitrogens with zero attached hydrogens (tertiary/aromatic N) is 2. The van der Waals surface area contributed by atoms with Crippen molar-refractivity contribution < 1.29 is 9.53 Å². The molecule has 1 aromatic carbocycles. The van der Waals surface area contributed by atoms with Crippen LogP contribution >= 0.6 is 11.6 Å². The maximum Gasteiger partial charge on any atom is 0.267 e. The summed E-state index contributed by atoms with van der Waals surface area (Å²) in [5.74, 6) is 0.0184. The van der Waals surface area contributed by atoms with Crippen molar-refractivity contribution in [1.29, 1.82) is 5.26 Å². The number of rotatable bonds is 10. The molecule has 1 N–H and O–H groups in total. The predicted molar refractivity (Wildman–Crippen MR) is 102 cm³/mol. The van der Waals surface area contributed by atoms with Gasteiger partial charge in [-0.2, -0.15) is 5.26 Å². The van der Waals surface area contributed by atoms with Crippen LogP contribution in [-0.4, -0.2) is 31.0 Å². The van der Waals surface area contributed by atoms with E-state index in [2.05, 4.69) is 19.2 Å². The molecule has 0 radical (unpaired) electrons. The number of halogens is 1. The maximum absolute atomic E-state index is 12.5. The molecule has 0 fully saturated rings. The van der Waals surface area contributed by atoms with Crippen LogP contribution in [0.25, 0.3) is 0 Å². The first kappa shape index (κ1) is 20.9. The number of ether oxygens (including phenoxy) is 1. The topological polar surface area (TPSA) is 65.4 Å². The van der Waals surface area contributed by atoms with E-state index in [4.69, 9.17) is 16.3 Å². The highest BCUT2D eigenvalue weighted by Crippen LogP contribution is 2.28.